The number of alkyl halides is 1. The van der Waals surface area contributed by atoms with Crippen molar-refractivity contribution in [1.29, 1.82) is 5.26 Å². The summed E-state index contributed by atoms with van der Waals surface area (Å²) in [6.45, 7) is 2.04. The van der Waals surface area contributed by atoms with Gasteiger partial charge in [0.25, 0.3) is 0 Å². The van der Waals surface area contributed by atoms with Crippen molar-refractivity contribution in [3.05, 3.63) is 29.3 Å². The van der Waals surface area contributed by atoms with Crippen molar-refractivity contribution < 1.29 is 0 Å². The van der Waals surface area contributed by atoms with E-state index in [1.807, 2.05) is 6.07 Å². The Kier molecular flexibility index (Phi) is 4.26. The molecule has 1 atom stereocenters. The molecule has 0 amide bonds. The van der Waals surface area contributed by atoms with E-state index in [2.05, 4.69) is 58.0 Å². The fourth-order valence-corrected chi connectivity index (χ4v) is 2.76. The third-order valence-electron chi connectivity index (χ3n) is 3.57. The number of halogens is 1. The Labute approximate surface area is 117 Å². The highest BCUT2D eigenvalue weighted by Crippen LogP contribution is 2.27. The minimum absolute atomic E-state index is 0.590. The molecule has 1 fully saturated rings. The summed E-state index contributed by atoms with van der Waals surface area (Å²) in [6.07, 6.45) is 1.16. The zero-order chi connectivity index (χ0) is 13.1. The molecule has 3 nitrogen and oxygen atoms in total. The maximum Gasteiger partial charge on any atom is 0.101 e. The molecule has 96 valence electrons. The predicted octanol–water partition coefficient (Wildman–Crippen LogP) is 2.59. The van der Waals surface area contributed by atoms with Gasteiger partial charge in [0, 0.05) is 24.5 Å². The lowest BCUT2D eigenvalue weighted by molar-refractivity contribution is 0.315. The van der Waals surface area contributed by atoms with Crippen LogP contribution in [-0.4, -0.2) is 38.1 Å². The number of nitriles is 1. The molecule has 0 aromatic heterocycles. The van der Waals surface area contributed by atoms with Crippen LogP contribution >= 0.6 is 15.9 Å². The van der Waals surface area contributed by atoms with E-state index in [1.165, 1.54) is 0 Å². The SMILES string of the molecule is CN(C)C1CCN(c2ccc(CBr)cc2C#N)C1. The van der Waals surface area contributed by atoms with Crippen LogP contribution in [0.1, 0.15) is 17.5 Å². The topological polar surface area (TPSA) is 30.3 Å². The average Bonchev–Trinajstić information content (AvgIpc) is 2.87. The molecule has 1 aliphatic rings. The fraction of sp³-hybridized carbons (Fsp3) is 0.500. The van der Waals surface area contributed by atoms with Gasteiger partial charge in [-0.25, -0.2) is 0 Å². The van der Waals surface area contributed by atoms with E-state index >= 15 is 0 Å². The summed E-state index contributed by atoms with van der Waals surface area (Å²) >= 11 is 3.43. The van der Waals surface area contributed by atoms with Gasteiger partial charge in [-0.1, -0.05) is 22.0 Å². The van der Waals surface area contributed by atoms with E-state index in [9.17, 15) is 5.26 Å². The molecule has 1 aromatic carbocycles. The summed E-state index contributed by atoms with van der Waals surface area (Å²) < 4.78 is 0. The summed E-state index contributed by atoms with van der Waals surface area (Å²) in [5.41, 5.74) is 3.01. The minimum Gasteiger partial charge on any atom is -0.369 e. The Morgan fingerprint density at radius 1 is 1.50 bits per heavy atom. The van der Waals surface area contributed by atoms with Crippen LogP contribution in [0.25, 0.3) is 0 Å². The summed E-state index contributed by atoms with van der Waals surface area (Å²) in [7, 11) is 4.24. The van der Waals surface area contributed by atoms with Crippen LogP contribution in [0, 0.1) is 11.3 Å². The molecule has 4 heteroatoms. The molecule has 0 saturated carbocycles. The van der Waals surface area contributed by atoms with Crippen LogP contribution in [0.4, 0.5) is 5.69 Å². The molecule has 0 radical (unpaired) electrons. The standard InChI is InChI=1S/C14H18BrN3/c1-17(2)13-5-6-18(10-13)14-4-3-11(8-15)7-12(14)9-16/h3-4,7,13H,5-6,8,10H2,1-2H3. The Hall–Kier alpha value is -1.05. The number of likely N-dealkylation sites (N-methyl/N-ethyl adjacent to an activating group) is 1. The first-order valence-electron chi connectivity index (χ1n) is 6.16. The molecule has 1 saturated heterocycles. The second-order valence-corrected chi connectivity index (χ2v) is 5.51. The lowest BCUT2D eigenvalue weighted by Gasteiger charge is -2.22. The molecule has 1 unspecified atom stereocenters. The minimum atomic E-state index is 0.590. The Morgan fingerprint density at radius 3 is 2.83 bits per heavy atom. The highest BCUT2D eigenvalue weighted by atomic mass is 79.9. The fourth-order valence-electron chi connectivity index (χ4n) is 2.41. The Bertz CT molecular complexity index is 465. The van der Waals surface area contributed by atoms with Crippen molar-refractivity contribution in [3.8, 4) is 6.07 Å². The summed E-state index contributed by atoms with van der Waals surface area (Å²) in [6, 6.07) is 9.05. The van der Waals surface area contributed by atoms with Crippen molar-refractivity contribution >= 4 is 21.6 Å². The Morgan fingerprint density at radius 2 is 2.28 bits per heavy atom. The molecule has 2 rings (SSSR count). The van der Waals surface area contributed by atoms with Crippen LogP contribution in [0.5, 0.6) is 0 Å². The largest absolute Gasteiger partial charge is 0.369 e. The van der Waals surface area contributed by atoms with Gasteiger partial charge in [-0.3, -0.25) is 0 Å². The zero-order valence-electron chi connectivity index (χ0n) is 10.9. The first kappa shape index (κ1) is 13.4. The Balaban J connectivity index is 2.22. The van der Waals surface area contributed by atoms with Gasteiger partial charge in [0.15, 0.2) is 0 Å². The zero-order valence-corrected chi connectivity index (χ0v) is 12.4. The van der Waals surface area contributed by atoms with Crippen molar-refractivity contribution in [2.75, 3.05) is 32.1 Å². The van der Waals surface area contributed by atoms with Gasteiger partial charge >= 0.3 is 0 Å². The molecule has 1 heterocycles. The normalized spacial score (nSPS) is 19.3. The molecule has 0 N–H and O–H groups in total. The van der Waals surface area contributed by atoms with E-state index < -0.39 is 0 Å². The number of rotatable bonds is 3. The van der Waals surface area contributed by atoms with Gasteiger partial charge in [-0.05, 0) is 38.2 Å². The summed E-state index contributed by atoms with van der Waals surface area (Å²) in [5.74, 6) is 0. The monoisotopic (exact) mass is 307 g/mol. The maximum atomic E-state index is 9.27. The van der Waals surface area contributed by atoms with Crippen LogP contribution < -0.4 is 4.90 Å². The van der Waals surface area contributed by atoms with E-state index in [4.69, 9.17) is 0 Å². The number of benzene rings is 1. The van der Waals surface area contributed by atoms with Gasteiger partial charge in [0.1, 0.15) is 6.07 Å². The van der Waals surface area contributed by atoms with E-state index in [0.29, 0.717) is 6.04 Å². The molecule has 1 aliphatic heterocycles. The highest BCUT2D eigenvalue weighted by Gasteiger charge is 2.25. The lowest BCUT2D eigenvalue weighted by atomic mass is 10.1. The van der Waals surface area contributed by atoms with Gasteiger partial charge in [0.05, 0.1) is 11.3 Å². The van der Waals surface area contributed by atoms with Crippen molar-refractivity contribution in [1.82, 2.24) is 4.90 Å². The van der Waals surface area contributed by atoms with Gasteiger partial charge in [-0.15, -0.1) is 0 Å². The summed E-state index contributed by atoms with van der Waals surface area (Å²) in [4.78, 5) is 4.58. The number of hydrogen-bond donors (Lipinski definition) is 0. The van der Waals surface area contributed by atoms with E-state index in [-0.39, 0.29) is 0 Å². The first-order chi connectivity index (χ1) is 8.65. The maximum absolute atomic E-state index is 9.27. The van der Waals surface area contributed by atoms with E-state index in [1.54, 1.807) is 0 Å². The molecule has 0 spiro atoms. The average molecular weight is 308 g/mol. The summed E-state index contributed by atoms with van der Waals surface area (Å²) in [5, 5.41) is 10.1. The first-order valence-corrected chi connectivity index (χ1v) is 7.28. The number of anilines is 1. The van der Waals surface area contributed by atoms with Crippen molar-refractivity contribution in [2.45, 2.75) is 17.8 Å². The second kappa shape index (κ2) is 5.73. The lowest BCUT2D eigenvalue weighted by Crippen LogP contribution is -2.31. The van der Waals surface area contributed by atoms with E-state index in [0.717, 1.165) is 41.7 Å². The van der Waals surface area contributed by atoms with Crippen molar-refractivity contribution in [3.63, 3.8) is 0 Å². The predicted molar refractivity (Wildman–Crippen MR) is 78.1 cm³/mol. The smallest absolute Gasteiger partial charge is 0.101 e. The highest BCUT2D eigenvalue weighted by molar-refractivity contribution is 9.08. The second-order valence-electron chi connectivity index (χ2n) is 4.95. The number of hydrogen-bond acceptors (Lipinski definition) is 3. The molecule has 0 aliphatic carbocycles. The van der Waals surface area contributed by atoms with Crippen LogP contribution in [0.3, 0.4) is 0 Å². The van der Waals surface area contributed by atoms with Gasteiger partial charge in [-0.2, -0.15) is 5.26 Å². The molecular formula is C14H18BrN3. The quantitative estimate of drug-likeness (QED) is 0.804. The van der Waals surface area contributed by atoms with Crippen molar-refractivity contribution in [2.24, 2.45) is 0 Å². The van der Waals surface area contributed by atoms with Crippen LogP contribution in [0.15, 0.2) is 18.2 Å². The third-order valence-corrected chi connectivity index (χ3v) is 4.22. The molecule has 18 heavy (non-hydrogen) atoms. The van der Waals surface area contributed by atoms with Crippen LogP contribution in [0.2, 0.25) is 0 Å². The van der Waals surface area contributed by atoms with Gasteiger partial charge < -0.3 is 9.80 Å². The molecule has 0 bridgehead atoms. The number of nitrogens with zero attached hydrogens (tertiary/aromatic N) is 3. The third kappa shape index (κ3) is 2.68. The van der Waals surface area contributed by atoms with Crippen LogP contribution in [-0.2, 0) is 5.33 Å². The molecular weight excluding hydrogens is 290 g/mol. The molecule has 1 aromatic rings. The van der Waals surface area contributed by atoms with Gasteiger partial charge in [0.2, 0.25) is 0 Å².